The van der Waals surface area contributed by atoms with Gasteiger partial charge in [0.25, 0.3) is 0 Å². The molecule has 0 aliphatic carbocycles. The molecule has 8 heteroatoms. The number of primary amides is 1. The van der Waals surface area contributed by atoms with Crippen LogP contribution in [-0.4, -0.2) is 74.1 Å². The summed E-state index contributed by atoms with van der Waals surface area (Å²) in [5.41, 5.74) is 4.97. The quantitative estimate of drug-likeness (QED) is 0.712. The van der Waals surface area contributed by atoms with Crippen molar-refractivity contribution in [3.63, 3.8) is 0 Å². The number of piperidine rings is 2. The Hall–Kier alpha value is -1.83. The number of likely N-dealkylation sites (tertiary alicyclic amines) is 2. The molecule has 0 bridgehead atoms. The average molecular weight is 326 g/mol. The number of hydrogen-bond acceptors (Lipinski definition) is 4. The predicted molar refractivity (Wildman–Crippen MR) is 83.5 cm³/mol. The van der Waals surface area contributed by atoms with E-state index in [2.05, 4.69) is 5.32 Å². The molecule has 0 radical (unpaired) electrons. The lowest BCUT2D eigenvalue weighted by Crippen LogP contribution is -2.56. The molecule has 130 valence electrons. The molecule has 2 fully saturated rings. The first-order chi connectivity index (χ1) is 11.0. The van der Waals surface area contributed by atoms with Gasteiger partial charge >= 0.3 is 6.03 Å². The van der Waals surface area contributed by atoms with Gasteiger partial charge in [-0.05, 0) is 19.3 Å². The Balaban J connectivity index is 1.96. The van der Waals surface area contributed by atoms with Crippen LogP contribution < -0.4 is 11.1 Å². The second-order valence-corrected chi connectivity index (χ2v) is 6.44. The van der Waals surface area contributed by atoms with Crippen molar-refractivity contribution in [3.8, 4) is 0 Å². The second kappa shape index (κ2) is 7.63. The first-order valence-electron chi connectivity index (χ1n) is 8.03. The lowest BCUT2D eigenvalue weighted by molar-refractivity contribution is -0.143. The number of ether oxygens (including phenoxy) is 1. The molecule has 8 nitrogen and oxygen atoms in total. The van der Waals surface area contributed by atoms with Gasteiger partial charge in [-0.2, -0.15) is 0 Å². The van der Waals surface area contributed by atoms with E-state index in [1.807, 2.05) is 4.90 Å². The summed E-state index contributed by atoms with van der Waals surface area (Å²) < 4.78 is 5.07. The summed E-state index contributed by atoms with van der Waals surface area (Å²) in [4.78, 5) is 38.6. The summed E-state index contributed by atoms with van der Waals surface area (Å²) >= 11 is 0. The fourth-order valence-electron chi connectivity index (χ4n) is 3.54. The van der Waals surface area contributed by atoms with Crippen molar-refractivity contribution in [2.45, 2.75) is 25.7 Å². The zero-order valence-electron chi connectivity index (χ0n) is 13.7. The van der Waals surface area contributed by atoms with Crippen molar-refractivity contribution in [2.24, 2.45) is 11.1 Å². The molecule has 2 saturated heterocycles. The van der Waals surface area contributed by atoms with Crippen molar-refractivity contribution in [1.29, 1.82) is 0 Å². The van der Waals surface area contributed by atoms with Crippen LogP contribution in [0.5, 0.6) is 0 Å². The molecule has 23 heavy (non-hydrogen) atoms. The number of hydrogen-bond donors (Lipinski definition) is 2. The maximum Gasteiger partial charge on any atom is 0.312 e. The van der Waals surface area contributed by atoms with Crippen LogP contribution in [0, 0.1) is 5.41 Å². The minimum absolute atomic E-state index is 0.0394. The van der Waals surface area contributed by atoms with Gasteiger partial charge < -0.3 is 25.6 Å². The Bertz CT molecular complexity index is 470. The highest BCUT2D eigenvalue weighted by Gasteiger charge is 2.42. The smallest absolute Gasteiger partial charge is 0.312 e. The number of amides is 4. The first-order valence-corrected chi connectivity index (χ1v) is 8.03. The molecule has 1 atom stereocenters. The Labute approximate surface area is 136 Å². The molecule has 2 aliphatic heterocycles. The van der Waals surface area contributed by atoms with Crippen molar-refractivity contribution >= 4 is 17.8 Å². The third-order valence-corrected chi connectivity index (χ3v) is 4.74. The molecule has 0 saturated carbocycles. The van der Waals surface area contributed by atoms with E-state index in [0.717, 1.165) is 19.3 Å². The normalized spacial score (nSPS) is 24.8. The van der Waals surface area contributed by atoms with Gasteiger partial charge in [0.05, 0.1) is 13.2 Å². The van der Waals surface area contributed by atoms with Crippen LogP contribution in [0.3, 0.4) is 0 Å². The van der Waals surface area contributed by atoms with Crippen molar-refractivity contribution in [2.75, 3.05) is 46.4 Å². The van der Waals surface area contributed by atoms with Crippen LogP contribution in [0.25, 0.3) is 0 Å². The molecule has 2 heterocycles. The SMILES string of the molecule is COCCN1C[C@]2(CCCN(C(=O)CNC(N)=O)C2)CCC1=O. The highest BCUT2D eigenvalue weighted by Crippen LogP contribution is 2.38. The number of carbonyl (C=O) groups excluding carboxylic acids is 3. The van der Waals surface area contributed by atoms with Gasteiger partial charge in [0, 0.05) is 45.1 Å². The summed E-state index contributed by atoms with van der Waals surface area (Å²) in [6.07, 6.45) is 3.25. The number of carbonyl (C=O) groups is 3. The molecular formula is C15H26N4O4. The minimum Gasteiger partial charge on any atom is -0.383 e. The van der Waals surface area contributed by atoms with Crippen LogP contribution in [0.2, 0.25) is 0 Å². The van der Waals surface area contributed by atoms with E-state index >= 15 is 0 Å². The van der Waals surface area contributed by atoms with E-state index < -0.39 is 6.03 Å². The average Bonchev–Trinajstić information content (AvgIpc) is 2.54. The van der Waals surface area contributed by atoms with Gasteiger partial charge in [-0.15, -0.1) is 0 Å². The Morgan fingerprint density at radius 3 is 2.83 bits per heavy atom. The van der Waals surface area contributed by atoms with Gasteiger partial charge in [-0.3, -0.25) is 9.59 Å². The van der Waals surface area contributed by atoms with E-state index in [4.69, 9.17) is 10.5 Å². The molecule has 0 aromatic carbocycles. The lowest BCUT2D eigenvalue weighted by atomic mass is 9.73. The maximum atomic E-state index is 12.2. The minimum atomic E-state index is -0.695. The van der Waals surface area contributed by atoms with Crippen molar-refractivity contribution in [3.05, 3.63) is 0 Å². The van der Waals surface area contributed by atoms with E-state index in [1.165, 1.54) is 0 Å². The zero-order chi connectivity index (χ0) is 16.9. The number of urea groups is 1. The molecule has 0 aromatic rings. The molecule has 2 rings (SSSR count). The summed E-state index contributed by atoms with van der Waals surface area (Å²) in [5.74, 6) is 0.0368. The van der Waals surface area contributed by atoms with Gasteiger partial charge in [0.2, 0.25) is 11.8 Å². The molecule has 1 spiro atoms. The predicted octanol–water partition coefficient (Wildman–Crippen LogP) is -0.468. The van der Waals surface area contributed by atoms with Gasteiger partial charge in [-0.1, -0.05) is 0 Å². The number of methoxy groups -OCH3 is 1. The number of nitrogens with zero attached hydrogens (tertiary/aromatic N) is 2. The van der Waals surface area contributed by atoms with Gasteiger partial charge in [0.15, 0.2) is 0 Å². The van der Waals surface area contributed by atoms with Crippen LogP contribution in [0.1, 0.15) is 25.7 Å². The molecule has 4 amide bonds. The highest BCUT2D eigenvalue weighted by atomic mass is 16.5. The van der Waals surface area contributed by atoms with E-state index in [9.17, 15) is 14.4 Å². The number of nitrogens with two attached hydrogens (primary N) is 1. The van der Waals surface area contributed by atoms with Crippen LogP contribution in [0.15, 0.2) is 0 Å². The highest BCUT2D eigenvalue weighted by molar-refractivity contribution is 5.83. The lowest BCUT2D eigenvalue weighted by Gasteiger charge is -2.48. The molecule has 0 unspecified atom stereocenters. The summed E-state index contributed by atoms with van der Waals surface area (Å²) in [6, 6.07) is -0.695. The first kappa shape index (κ1) is 17.5. The van der Waals surface area contributed by atoms with Crippen LogP contribution in [-0.2, 0) is 14.3 Å². The van der Waals surface area contributed by atoms with Crippen molar-refractivity contribution < 1.29 is 19.1 Å². The fourth-order valence-corrected chi connectivity index (χ4v) is 3.54. The largest absolute Gasteiger partial charge is 0.383 e. The van der Waals surface area contributed by atoms with Gasteiger partial charge in [0.1, 0.15) is 0 Å². The monoisotopic (exact) mass is 326 g/mol. The molecule has 2 aliphatic rings. The Kier molecular flexibility index (Phi) is 5.81. The Morgan fingerprint density at radius 2 is 2.13 bits per heavy atom. The topological polar surface area (TPSA) is 105 Å². The fraction of sp³-hybridized carbons (Fsp3) is 0.800. The number of nitrogens with one attached hydrogen (secondary N) is 1. The molecular weight excluding hydrogens is 300 g/mol. The standard InChI is InChI=1S/C15H26N4O4/c1-23-8-7-19-11-15(5-3-12(19)20)4-2-6-18(10-15)13(21)9-17-14(16)22/h2-11H2,1H3,(H3,16,17,22)/t15-/m1/s1. The zero-order valence-corrected chi connectivity index (χ0v) is 13.7. The van der Waals surface area contributed by atoms with E-state index in [-0.39, 0.29) is 23.8 Å². The van der Waals surface area contributed by atoms with Crippen LogP contribution >= 0.6 is 0 Å². The Morgan fingerprint density at radius 1 is 1.35 bits per heavy atom. The maximum absolute atomic E-state index is 12.2. The van der Waals surface area contributed by atoms with E-state index in [0.29, 0.717) is 39.2 Å². The van der Waals surface area contributed by atoms with Gasteiger partial charge in [-0.25, -0.2) is 4.79 Å². The molecule has 0 aromatic heterocycles. The summed E-state index contributed by atoms with van der Waals surface area (Å²) in [5, 5.41) is 2.34. The summed E-state index contributed by atoms with van der Waals surface area (Å²) in [7, 11) is 1.62. The van der Waals surface area contributed by atoms with Crippen molar-refractivity contribution in [1.82, 2.24) is 15.1 Å². The second-order valence-electron chi connectivity index (χ2n) is 6.44. The van der Waals surface area contributed by atoms with E-state index in [1.54, 1.807) is 12.0 Å². The molecule has 3 N–H and O–H groups in total. The summed E-state index contributed by atoms with van der Waals surface area (Å²) in [6.45, 7) is 3.03. The third kappa shape index (κ3) is 4.57. The van der Waals surface area contributed by atoms with Crippen LogP contribution in [0.4, 0.5) is 4.79 Å². The third-order valence-electron chi connectivity index (χ3n) is 4.74. The number of rotatable bonds is 5.